The van der Waals surface area contributed by atoms with Crippen molar-refractivity contribution >= 4 is 43.1 Å². The van der Waals surface area contributed by atoms with E-state index in [0.29, 0.717) is 12.2 Å². The maximum absolute atomic E-state index is 14.2. The fourth-order valence-corrected chi connectivity index (χ4v) is 7.80. The summed E-state index contributed by atoms with van der Waals surface area (Å²) in [6.07, 6.45) is 4.90. The number of likely N-dealkylation sites (tertiary alicyclic amines) is 2. The van der Waals surface area contributed by atoms with Gasteiger partial charge in [0.15, 0.2) is 5.78 Å². The van der Waals surface area contributed by atoms with Crippen LogP contribution in [0.3, 0.4) is 0 Å². The summed E-state index contributed by atoms with van der Waals surface area (Å²) in [4.78, 5) is 20.0. The Balaban J connectivity index is 1.27. The normalized spacial score (nSPS) is 17.7. The molecule has 2 fully saturated rings. The van der Waals surface area contributed by atoms with Crippen molar-refractivity contribution in [1.82, 2.24) is 9.80 Å². The Morgan fingerprint density at radius 1 is 0.952 bits per heavy atom. The molecule has 0 amide bonds. The van der Waals surface area contributed by atoms with E-state index in [1.165, 1.54) is 25.9 Å². The highest BCUT2D eigenvalue weighted by atomic mass is 79.9. The van der Waals surface area contributed by atoms with Gasteiger partial charge < -0.3 is 14.2 Å². The fraction of sp³-hybridized carbons (Fsp3) is 0.382. The quantitative estimate of drug-likeness (QED) is 0.156. The maximum atomic E-state index is 14.2. The first-order chi connectivity index (χ1) is 20.5. The molecular weight excluding hydrogens is 612 g/mol. The van der Waals surface area contributed by atoms with Crippen LogP contribution in [0.25, 0.3) is 20.5 Å². The summed E-state index contributed by atoms with van der Waals surface area (Å²) in [6.45, 7) is 5.77. The molecule has 0 bridgehead atoms. The minimum absolute atomic E-state index is 0.00977. The number of methoxy groups -OCH3 is 2. The molecule has 0 spiro atoms. The standard InChI is InChI=1S/C34H37BrN2O4S/c1-39-27-13-14-28-30(21-27)42-34(23-9-11-26(12-10-23)41-19-18-36-15-3-4-16-36)32(28)33(38)24-7-8-25(29(35)20-24)22-37-17-5-6-31(37)40-2/h7-14,20-21,31H,3-6,15-19,22H2,1-2H3. The number of carbonyl (C=O) groups is 1. The molecule has 1 unspecified atom stereocenters. The lowest BCUT2D eigenvalue weighted by Gasteiger charge is -2.23. The van der Waals surface area contributed by atoms with Crippen molar-refractivity contribution in [2.45, 2.75) is 38.5 Å². The molecule has 4 aromatic rings. The number of carbonyl (C=O) groups excluding carboxylic acids is 1. The van der Waals surface area contributed by atoms with Crippen LogP contribution < -0.4 is 9.47 Å². The number of benzene rings is 3. The second kappa shape index (κ2) is 13.3. The lowest BCUT2D eigenvalue weighted by atomic mass is 9.97. The van der Waals surface area contributed by atoms with Crippen LogP contribution in [0.5, 0.6) is 11.5 Å². The van der Waals surface area contributed by atoms with E-state index in [2.05, 4.69) is 43.9 Å². The molecule has 8 heteroatoms. The maximum Gasteiger partial charge on any atom is 0.195 e. The van der Waals surface area contributed by atoms with Crippen molar-refractivity contribution in [3.8, 4) is 21.9 Å². The van der Waals surface area contributed by atoms with Gasteiger partial charge in [0.25, 0.3) is 0 Å². The molecule has 0 saturated carbocycles. The second-order valence-corrected chi connectivity index (χ2v) is 12.9. The molecule has 3 aromatic carbocycles. The fourth-order valence-electron chi connectivity index (χ4n) is 6.06. The number of rotatable bonds is 11. The van der Waals surface area contributed by atoms with Crippen molar-refractivity contribution in [3.05, 3.63) is 81.8 Å². The third-order valence-electron chi connectivity index (χ3n) is 8.38. The van der Waals surface area contributed by atoms with Crippen LogP contribution in [-0.4, -0.2) is 68.8 Å². The van der Waals surface area contributed by atoms with Gasteiger partial charge in [0.2, 0.25) is 0 Å². The molecule has 1 atom stereocenters. The number of fused-ring (bicyclic) bond motifs is 1. The van der Waals surface area contributed by atoms with Crippen molar-refractivity contribution in [3.63, 3.8) is 0 Å². The molecule has 0 N–H and O–H groups in total. The van der Waals surface area contributed by atoms with Crippen LogP contribution in [0.15, 0.2) is 65.1 Å². The first kappa shape index (κ1) is 29.3. The van der Waals surface area contributed by atoms with Crippen LogP contribution in [0.1, 0.15) is 47.2 Å². The molecule has 6 nitrogen and oxygen atoms in total. The van der Waals surface area contributed by atoms with E-state index >= 15 is 0 Å². The van der Waals surface area contributed by atoms with E-state index in [0.717, 1.165) is 80.1 Å². The topological polar surface area (TPSA) is 51.2 Å². The van der Waals surface area contributed by atoms with Crippen molar-refractivity contribution in [2.24, 2.45) is 0 Å². The van der Waals surface area contributed by atoms with Gasteiger partial charge in [-0.1, -0.05) is 28.1 Å². The number of hydrogen-bond acceptors (Lipinski definition) is 7. The van der Waals surface area contributed by atoms with E-state index in [-0.39, 0.29) is 12.0 Å². The lowest BCUT2D eigenvalue weighted by Crippen LogP contribution is -2.30. The highest BCUT2D eigenvalue weighted by Crippen LogP contribution is 2.42. The monoisotopic (exact) mass is 648 g/mol. The lowest BCUT2D eigenvalue weighted by molar-refractivity contribution is -0.00824. The first-order valence-corrected chi connectivity index (χ1v) is 16.3. The van der Waals surface area contributed by atoms with Crippen LogP contribution in [-0.2, 0) is 11.3 Å². The van der Waals surface area contributed by atoms with Crippen LogP contribution >= 0.6 is 27.3 Å². The van der Waals surface area contributed by atoms with E-state index < -0.39 is 0 Å². The van der Waals surface area contributed by atoms with Crippen molar-refractivity contribution in [2.75, 3.05) is 47.0 Å². The van der Waals surface area contributed by atoms with Crippen molar-refractivity contribution in [1.29, 1.82) is 0 Å². The van der Waals surface area contributed by atoms with Crippen LogP contribution in [0.4, 0.5) is 0 Å². The van der Waals surface area contributed by atoms with Gasteiger partial charge in [-0.25, -0.2) is 0 Å². The number of nitrogens with zero attached hydrogens (tertiary/aromatic N) is 2. The molecule has 6 rings (SSSR count). The number of thiophene rings is 1. The van der Waals surface area contributed by atoms with E-state index in [1.54, 1.807) is 25.6 Å². The highest BCUT2D eigenvalue weighted by molar-refractivity contribution is 9.10. The predicted octanol–water partition coefficient (Wildman–Crippen LogP) is 7.61. The molecule has 220 valence electrons. The van der Waals surface area contributed by atoms with Gasteiger partial charge in [-0.15, -0.1) is 11.3 Å². The van der Waals surface area contributed by atoms with E-state index in [1.807, 2.05) is 42.5 Å². The Bertz CT molecular complexity index is 1550. The van der Waals surface area contributed by atoms with Crippen molar-refractivity contribution < 1.29 is 19.0 Å². The van der Waals surface area contributed by atoms with Gasteiger partial charge in [0, 0.05) is 57.3 Å². The second-order valence-electron chi connectivity index (χ2n) is 11.0. The van der Waals surface area contributed by atoms with Gasteiger partial charge in [-0.05, 0) is 98.4 Å². The zero-order chi connectivity index (χ0) is 29.1. The molecule has 3 heterocycles. The molecule has 2 saturated heterocycles. The Labute approximate surface area is 260 Å². The van der Waals surface area contributed by atoms with Gasteiger partial charge in [0.05, 0.1) is 7.11 Å². The Hall–Kier alpha value is -2.75. The van der Waals surface area contributed by atoms with Crippen LogP contribution in [0.2, 0.25) is 0 Å². The SMILES string of the molecule is COc1ccc2c(C(=O)c3ccc(CN4CCCC4OC)c(Br)c3)c(-c3ccc(OCCN4CCCC4)cc3)sc2c1. The molecule has 0 radical (unpaired) electrons. The zero-order valence-electron chi connectivity index (χ0n) is 24.2. The minimum atomic E-state index is 0.00977. The van der Waals surface area contributed by atoms with Gasteiger partial charge in [-0.2, -0.15) is 0 Å². The number of hydrogen-bond donors (Lipinski definition) is 0. The van der Waals surface area contributed by atoms with Crippen LogP contribution in [0, 0.1) is 0 Å². The summed E-state index contributed by atoms with van der Waals surface area (Å²) < 4.78 is 19.1. The summed E-state index contributed by atoms with van der Waals surface area (Å²) in [6, 6.07) is 20.1. The molecule has 2 aliphatic heterocycles. The molecule has 2 aliphatic rings. The average molecular weight is 650 g/mol. The summed E-state index contributed by atoms with van der Waals surface area (Å²) in [5, 5.41) is 0.937. The minimum Gasteiger partial charge on any atom is -0.497 e. The van der Waals surface area contributed by atoms with Gasteiger partial charge in [-0.3, -0.25) is 14.6 Å². The van der Waals surface area contributed by atoms with Gasteiger partial charge >= 0.3 is 0 Å². The third-order valence-corrected chi connectivity index (χ3v) is 10.3. The largest absolute Gasteiger partial charge is 0.497 e. The van der Waals surface area contributed by atoms with E-state index in [4.69, 9.17) is 14.2 Å². The third kappa shape index (κ3) is 6.29. The molecule has 0 aliphatic carbocycles. The molecule has 1 aromatic heterocycles. The average Bonchev–Trinajstić information content (AvgIpc) is 3.78. The van der Waals surface area contributed by atoms with Gasteiger partial charge in [0.1, 0.15) is 24.3 Å². The summed E-state index contributed by atoms with van der Waals surface area (Å²) in [7, 11) is 3.44. The zero-order valence-corrected chi connectivity index (χ0v) is 26.6. The number of ketones is 1. The number of halogens is 1. The predicted molar refractivity (Wildman–Crippen MR) is 173 cm³/mol. The Morgan fingerprint density at radius 3 is 2.48 bits per heavy atom. The summed E-state index contributed by atoms with van der Waals surface area (Å²) in [5.41, 5.74) is 3.53. The smallest absolute Gasteiger partial charge is 0.195 e. The highest BCUT2D eigenvalue weighted by Gasteiger charge is 2.26. The summed E-state index contributed by atoms with van der Waals surface area (Å²) in [5.74, 6) is 1.64. The van der Waals surface area contributed by atoms with E-state index in [9.17, 15) is 4.79 Å². The molecule has 42 heavy (non-hydrogen) atoms. The summed E-state index contributed by atoms with van der Waals surface area (Å²) >= 11 is 5.38. The Morgan fingerprint density at radius 2 is 1.74 bits per heavy atom. The number of ether oxygens (including phenoxy) is 3. The Kier molecular flexibility index (Phi) is 9.26. The first-order valence-electron chi connectivity index (χ1n) is 14.7. The molecular formula is C34H37BrN2O4S.